The number of benzene rings is 1. The molecule has 0 unspecified atom stereocenters. The average Bonchev–Trinajstić information content (AvgIpc) is 2.35. The number of hydrogen-bond acceptors (Lipinski definition) is 2. The fourth-order valence-corrected chi connectivity index (χ4v) is 2.04. The van der Waals surface area contributed by atoms with Gasteiger partial charge in [-0.2, -0.15) is 0 Å². The monoisotopic (exact) mass is 254 g/mol. The molecule has 1 aromatic carbocycles. The number of amides is 1. The molecule has 18 heavy (non-hydrogen) atoms. The number of fused-ring (bicyclic) bond motifs is 1. The van der Waals surface area contributed by atoms with Crippen LogP contribution in [0.2, 0.25) is 0 Å². The summed E-state index contributed by atoms with van der Waals surface area (Å²) in [5, 5.41) is 5.41. The predicted molar refractivity (Wildman–Crippen MR) is 65.8 cm³/mol. The third-order valence-corrected chi connectivity index (χ3v) is 3.11. The third kappa shape index (κ3) is 2.67. The molecule has 0 aromatic heterocycles. The summed E-state index contributed by atoms with van der Waals surface area (Å²) in [4.78, 5) is 11.2. The van der Waals surface area contributed by atoms with Crippen molar-refractivity contribution in [3.05, 3.63) is 29.3 Å². The summed E-state index contributed by atoms with van der Waals surface area (Å²) in [5.41, 5.74) is 1.46. The smallest absolute Gasteiger partial charge is 0.274 e. The zero-order valence-electron chi connectivity index (χ0n) is 10.2. The highest BCUT2D eigenvalue weighted by molar-refractivity contribution is 5.93. The molecule has 0 radical (unpaired) electrons. The molecule has 0 aliphatic carbocycles. The van der Waals surface area contributed by atoms with E-state index in [-0.39, 0.29) is 24.4 Å². The molecular formula is C13H16F2N2O. The summed E-state index contributed by atoms with van der Waals surface area (Å²) in [7, 11) is 1.65. The highest BCUT2D eigenvalue weighted by Gasteiger charge is 2.31. The molecule has 0 saturated heterocycles. The molecule has 3 nitrogen and oxygen atoms in total. The molecule has 1 amide bonds. The van der Waals surface area contributed by atoms with Gasteiger partial charge in [0.2, 0.25) is 5.91 Å². The second-order valence-electron chi connectivity index (χ2n) is 4.48. The molecule has 2 N–H and O–H groups in total. The standard InChI is InChI=1S/C13H16F2N2O/c1-16-7-6-13(14,15)10-3-4-11-9(8-10)2-5-12(18)17-11/h3-4,8,16H,2,5-7H2,1H3,(H,17,18). The Morgan fingerprint density at radius 3 is 2.89 bits per heavy atom. The molecule has 0 bridgehead atoms. The first-order valence-corrected chi connectivity index (χ1v) is 5.98. The number of anilines is 1. The molecule has 1 aliphatic heterocycles. The molecule has 1 heterocycles. The number of rotatable bonds is 4. The molecule has 5 heteroatoms. The van der Waals surface area contributed by atoms with Crippen LogP contribution in [0.3, 0.4) is 0 Å². The molecule has 98 valence electrons. The quantitative estimate of drug-likeness (QED) is 0.865. The van der Waals surface area contributed by atoms with Crippen molar-refractivity contribution in [3.63, 3.8) is 0 Å². The van der Waals surface area contributed by atoms with Crippen molar-refractivity contribution in [2.45, 2.75) is 25.2 Å². The van der Waals surface area contributed by atoms with Crippen molar-refractivity contribution >= 4 is 11.6 Å². The third-order valence-electron chi connectivity index (χ3n) is 3.11. The van der Waals surface area contributed by atoms with Crippen LogP contribution < -0.4 is 10.6 Å². The van der Waals surface area contributed by atoms with Crippen LogP contribution in [0.15, 0.2) is 18.2 Å². The van der Waals surface area contributed by atoms with Gasteiger partial charge >= 0.3 is 0 Å². The van der Waals surface area contributed by atoms with Crippen LogP contribution in [0, 0.1) is 0 Å². The van der Waals surface area contributed by atoms with Crippen LogP contribution in [0.5, 0.6) is 0 Å². The zero-order chi connectivity index (χ0) is 13.2. The predicted octanol–water partition coefficient (Wildman–Crippen LogP) is 2.27. The number of aryl methyl sites for hydroxylation is 1. The van der Waals surface area contributed by atoms with E-state index < -0.39 is 5.92 Å². The minimum absolute atomic E-state index is 0.0210. The molecule has 2 rings (SSSR count). The molecule has 0 saturated carbocycles. The van der Waals surface area contributed by atoms with Crippen LogP contribution in [0.25, 0.3) is 0 Å². The van der Waals surface area contributed by atoms with Gasteiger partial charge in [-0.3, -0.25) is 4.79 Å². The largest absolute Gasteiger partial charge is 0.326 e. The Morgan fingerprint density at radius 2 is 2.17 bits per heavy atom. The summed E-state index contributed by atoms with van der Waals surface area (Å²) in [6, 6.07) is 4.46. The SMILES string of the molecule is CNCCC(F)(F)c1ccc2c(c1)CCC(=O)N2. The number of carbonyl (C=O) groups is 1. The van der Waals surface area contributed by atoms with E-state index in [4.69, 9.17) is 0 Å². The highest BCUT2D eigenvalue weighted by Crippen LogP contribution is 2.34. The van der Waals surface area contributed by atoms with E-state index in [1.807, 2.05) is 0 Å². The van der Waals surface area contributed by atoms with Crippen molar-refractivity contribution in [1.29, 1.82) is 0 Å². The second-order valence-corrected chi connectivity index (χ2v) is 4.48. The van der Waals surface area contributed by atoms with Crippen molar-refractivity contribution in [2.75, 3.05) is 18.9 Å². The Balaban J connectivity index is 2.23. The van der Waals surface area contributed by atoms with Gasteiger partial charge in [0, 0.05) is 30.6 Å². The van der Waals surface area contributed by atoms with E-state index in [2.05, 4.69) is 10.6 Å². The van der Waals surface area contributed by atoms with Gasteiger partial charge in [-0.15, -0.1) is 0 Å². The van der Waals surface area contributed by atoms with Gasteiger partial charge in [0.15, 0.2) is 0 Å². The number of nitrogens with one attached hydrogen (secondary N) is 2. The topological polar surface area (TPSA) is 41.1 Å². The van der Waals surface area contributed by atoms with E-state index in [0.29, 0.717) is 18.5 Å². The second kappa shape index (κ2) is 5.02. The van der Waals surface area contributed by atoms with Crippen molar-refractivity contribution in [3.8, 4) is 0 Å². The molecule has 1 aromatic rings. The maximum atomic E-state index is 13.9. The van der Waals surface area contributed by atoms with Gasteiger partial charge < -0.3 is 10.6 Å². The Morgan fingerprint density at radius 1 is 1.39 bits per heavy atom. The average molecular weight is 254 g/mol. The van der Waals surface area contributed by atoms with Crippen LogP contribution >= 0.6 is 0 Å². The first kappa shape index (κ1) is 13.0. The molecule has 0 spiro atoms. The Hall–Kier alpha value is -1.49. The van der Waals surface area contributed by atoms with Gasteiger partial charge in [0.25, 0.3) is 5.92 Å². The van der Waals surface area contributed by atoms with Crippen molar-refractivity contribution in [2.24, 2.45) is 0 Å². The fourth-order valence-electron chi connectivity index (χ4n) is 2.04. The minimum Gasteiger partial charge on any atom is -0.326 e. The van der Waals surface area contributed by atoms with E-state index in [9.17, 15) is 13.6 Å². The lowest BCUT2D eigenvalue weighted by atomic mass is 9.96. The number of alkyl halides is 2. The summed E-state index contributed by atoms with van der Waals surface area (Å²) < 4.78 is 27.7. The van der Waals surface area contributed by atoms with E-state index >= 15 is 0 Å². The lowest BCUT2D eigenvalue weighted by Crippen LogP contribution is -2.23. The molecule has 0 fully saturated rings. The number of carbonyl (C=O) groups excluding carboxylic acids is 1. The first-order chi connectivity index (χ1) is 8.53. The molecule has 1 aliphatic rings. The van der Waals surface area contributed by atoms with E-state index in [1.54, 1.807) is 13.1 Å². The minimum atomic E-state index is -2.83. The lowest BCUT2D eigenvalue weighted by Gasteiger charge is -2.21. The van der Waals surface area contributed by atoms with Gasteiger partial charge in [0.05, 0.1) is 0 Å². The summed E-state index contributed by atoms with van der Waals surface area (Å²) in [6.07, 6.45) is 0.657. The fraction of sp³-hybridized carbons (Fsp3) is 0.462. The maximum Gasteiger partial charge on any atom is 0.274 e. The normalized spacial score (nSPS) is 15.2. The lowest BCUT2D eigenvalue weighted by molar-refractivity contribution is -0.116. The van der Waals surface area contributed by atoms with Crippen molar-refractivity contribution < 1.29 is 13.6 Å². The van der Waals surface area contributed by atoms with Gasteiger partial charge in [-0.1, -0.05) is 6.07 Å². The van der Waals surface area contributed by atoms with Crippen molar-refractivity contribution in [1.82, 2.24) is 5.32 Å². The van der Waals surface area contributed by atoms with Crippen LogP contribution in [0.4, 0.5) is 14.5 Å². The Labute approximate surface area is 105 Å². The Kier molecular flexibility index (Phi) is 3.61. The number of halogens is 2. The van der Waals surface area contributed by atoms with Gasteiger partial charge in [0.1, 0.15) is 0 Å². The summed E-state index contributed by atoms with van der Waals surface area (Å²) in [5.74, 6) is -2.89. The van der Waals surface area contributed by atoms with Crippen LogP contribution in [-0.4, -0.2) is 19.5 Å². The Bertz CT molecular complexity index is 460. The highest BCUT2D eigenvalue weighted by atomic mass is 19.3. The van der Waals surface area contributed by atoms with Gasteiger partial charge in [-0.25, -0.2) is 8.78 Å². The summed E-state index contributed by atoms with van der Waals surface area (Å²) in [6.45, 7) is 0.265. The van der Waals surface area contributed by atoms with E-state index in [1.165, 1.54) is 12.1 Å². The maximum absolute atomic E-state index is 13.9. The first-order valence-electron chi connectivity index (χ1n) is 5.98. The van der Waals surface area contributed by atoms with Gasteiger partial charge in [-0.05, 0) is 31.2 Å². The van der Waals surface area contributed by atoms with E-state index in [0.717, 1.165) is 5.56 Å². The number of hydrogen-bond donors (Lipinski definition) is 2. The molecular weight excluding hydrogens is 238 g/mol. The summed E-state index contributed by atoms with van der Waals surface area (Å²) >= 11 is 0. The zero-order valence-corrected chi connectivity index (χ0v) is 10.2. The van der Waals surface area contributed by atoms with Crippen LogP contribution in [-0.2, 0) is 17.1 Å². The van der Waals surface area contributed by atoms with Crippen LogP contribution in [0.1, 0.15) is 24.0 Å². The molecule has 0 atom stereocenters.